The fourth-order valence-electron chi connectivity index (χ4n) is 3.18. The van der Waals surface area contributed by atoms with Crippen molar-refractivity contribution in [3.05, 3.63) is 36.2 Å². The molecule has 3 rings (SSSR count). The molecule has 0 saturated carbocycles. The van der Waals surface area contributed by atoms with Crippen molar-refractivity contribution in [3.8, 4) is 5.75 Å². The van der Waals surface area contributed by atoms with Gasteiger partial charge < -0.3 is 14.0 Å². The Morgan fingerprint density at radius 3 is 2.80 bits per heavy atom. The van der Waals surface area contributed by atoms with Crippen LogP contribution >= 0.6 is 0 Å². The number of esters is 1. The molecule has 0 aliphatic rings. The molecule has 0 N–H and O–H groups in total. The van der Waals surface area contributed by atoms with Gasteiger partial charge in [-0.3, -0.25) is 4.98 Å². The Kier molecular flexibility index (Phi) is 5.22. The van der Waals surface area contributed by atoms with Gasteiger partial charge in [0.15, 0.2) is 6.61 Å². The lowest BCUT2D eigenvalue weighted by Crippen LogP contribution is -2.14. The van der Waals surface area contributed by atoms with Crippen LogP contribution < -0.4 is 4.74 Å². The SMILES string of the molecule is CCCCn1c2cc(OCC(=O)OCC)ccc2c2ccnc(C)c21. The Bertz CT molecular complexity index is 899. The number of hydrogen-bond acceptors (Lipinski definition) is 4. The molecule has 3 aromatic rings. The van der Waals surface area contributed by atoms with Gasteiger partial charge in [0.05, 0.1) is 23.3 Å². The van der Waals surface area contributed by atoms with Crippen molar-refractivity contribution < 1.29 is 14.3 Å². The van der Waals surface area contributed by atoms with Gasteiger partial charge in [-0.05, 0) is 38.5 Å². The van der Waals surface area contributed by atoms with E-state index in [0.29, 0.717) is 12.4 Å². The highest BCUT2D eigenvalue weighted by Gasteiger charge is 2.14. The summed E-state index contributed by atoms with van der Waals surface area (Å²) in [6.45, 7) is 7.24. The van der Waals surface area contributed by atoms with Crippen molar-refractivity contribution >= 4 is 27.8 Å². The third-order valence-corrected chi connectivity index (χ3v) is 4.32. The minimum Gasteiger partial charge on any atom is -0.482 e. The first-order valence-electron chi connectivity index (χ1n) is 8.81. The van der Waals surface area contributed by atoms with E-state index in [1.807, 2.05) is 25.3 Å². The van der Waals surface area contributed by atoms with Gasteiger partial charge in [-0.1, -0.05) is 13.3 Å². The molecule has 5 nitrogen and oxygen atoms in total. The normalized spacial score (nSPS) is 11.2. The van der Waals surface area contributed by atoms with Gasteiger partial charge in [-0.15, -0.1) is 0 Å². The lowest BCUT2D eigenvalue weighted by molar-refractivity contribution is -0.145. The Morgan fingerprint density at radius 1 is 1.20 bits per heavy atom. The van der Waals surface area contributed by atoms with E-state index in [2.05, 4.69) is 28.6 Å². The summed E-state index contributed by atoms with van der Waals surface area (Å²) >= 11 is 0. The molecule has 0 spiro atoms. The van der Waals surface area contributed by atoms with Crippen LogP contribution in [0.2, 0.25) is 0 Å². The van der Waals surface area contributed by atoms with E-state index in [-0.39, 0.29) is 12.6 Å². The summed E-state index contributed by atoms with van der Waals surface area (Å²) < 4.78 is 12.8. The monoisotopic (exact) mass is 340 g/mol. The van der Waals surface area contributed by atoms with Gasteiger partial charge in [-0.25, -0.2) is 4.79 Å². The predicted molar refractivity (Wildman–Crippen MR) is 99.0 cm³/mol. The van der Waals surface area contributed by atoms with Crippen molar-refractivity contribution in [1.82, 2.24) is 9.55 Å². The van der Waals surface area contributed by atoms with E-state index in [0.717, 1.165) is 30.6 Å². The number of hydrogen-bond donors (Lipinski definition) is 0. The average molecular weight is 340 g/mol. The van der Waals surface area contributed by atoms with Gasteiger partial charge in [-0.2, -0.15) is 0 Å². The molecule has 25 heavy (non-hydrogen) atoms. The summed E-state index contributed by atoms with van der Waals surface area (Å²) in [6.07, 6.45) is 4.08. The summed E-state index contributed by atoms with van der Waals surface area (Å²) in [5.41, 5.74) is 3.31. The summed E-state index contributed by atoms with van der Waals surface area (Å²) in [6, 6.07) is 8.02. The number of aromatic nitrogens is 2. The number of unbranched alkanes of at least 4 members (excludes halogenated alkanes) is 1. The molecule has 2 aromatic heterocycles. The number of fused-ring (bicyclic) bond motifs is 3. The quantitative estimate of drug-likeness (QED) is 0.604. The Labute approximate surface area is 147 Å². The van der Waals surface area contributed by atoms with Gasteiger partial charge in [0.2, 0.25) is 0 Å². The molecule has 1 aromatic carbocycles. The molecule has 0 amide bonds. The van der Waals surface area contributed by atoms with Crippen molar-refractivity contribution in [3.63, 3.8) is 0 Å². The van der Waals surface area contributed by atoms with Crippen LogP contribution in [0.5, 0.6) is 5.75 Å². The molecule has 132 valence electrons. The predicted octanol–water partition coefficient (Wildman–Crippen LogP) is 4.24. The summed E-state index contributed by atoms with van der Waals surface area (Å²) in [7, 11) is 0. The zero-order chi connectivity index (χ0) is 17.8. The van der Waals surface area contributed by atoms with E-state index < -0.39 is 0 Å². The van der Waals surface area contributed by atoms with Crippen LogP contribution in [0, 0.1) is 6.92 Å². The number of rotatable bonds is 7. The standard InChI is InChI=1S/C20H24N2O3/c1-4-6-11-22-18-12-15(25-13-19(23)24-5-2)7-8-16(18)17-9-10-21-14(3)20(17)22/h7-10,12H,4-6,11,13H2,1-3H3. The second kappa shape index (κ2) is 7.55. The van der Waals surface area contributed by atoms with Crippen LogP contribution in [0.3, 0.4) is 0 Å². The number of nitrogens with zero attached hydrogens (tertiary/aromatic N) is 2. The molecule has 5 heteroatoms. The topological polar surface area (TPSA) is 53.4 Å². The highest BCUT2D eigenvalue weighted by atomic mass is 16.6. The smallest absolute Gasteiger partial charge is 0.344 e. The Morgan fingerprint density at radius 2 is 2.04 bits per heavy atom. The third kappa shape index (κ3) is 3.45. The number of carbonyl (C=O) groups is 1. The van der Waals surface area contributed by atoms with E-state index in [9.17, 15) is 4.79 Å². The highest BCUT2D eigenvalue weighted by molar-refractivity contribution is 6.09. The largest absolute Gasteiger partial charge is 0.482 e. The molecule has 0 atom stereocenters. The van der Waals surface area contributed by atoms with Gasteiger partial charge in [0.1, 0.15) is 5.75 Å². The first-order chi connectivity index (χ1) is 12.2. The second-order valence-electron chi connectivity index (χ2n) is 6.07. The Hall–Kier alpha value is -2.56. The number of benzene rings is 1. The van der Waals surface area contributed by atoms with E-state index in [1.165, 1.54) is 16.3 Å². The van der Waals surface area contributed by atoms with E-state index >= 15 is 0 Å². The van der Waals surface area contributed by atoms with E-state index in [1.54, 1.807) is 6.92 Å². The lowest BCUT2D eigenvalue weighted by Gasteiger charge is -2.09. The van der Waals surface area contributed by atoms with Gasteiger partial charge >= 0.3 is 5.97 Å². The molecule has 0 fully saturated rings. The zero-order valence-electron chi connectivity index (χ0n) is 15.0. The number of pyridine rings is 1. The molecule has 0 unspecified atom stereocenters. The summed E-state index contributed by atoms with van der Waals surface area (Å²) in [5.74, 6) is 0.320. The maximum atomic E-state index is 11.5. The molecule has 0 aliphatic carbocycles. The van der Waals surface area contributed by atoms with Crippen LogP contribution in [0.4, 0.5) is 0 Å². The first-order valence-corrected chi connectivity index (χ1v) is 8.81. The van der Waals surface area contributed by atoms with Crippen LogP contribution in [-0.4, -0.2) is 28.7 Å². The molecule has 0 saturated heterocycles. The highest BCUT2D eigenvalue weighted by Crippen LogP contribution is 2.33. The van der Waals surface area contributed by atoms with Crippen LogP contribution in [0.25, 0.3) is 21.8 Å². The van der Waals surface area contributed by atoms with Crippen LogP contribution in [-0.2, 0) is 16.1 Å². The fourth-order valence-corrected chi connectivity index (χ4v) is 3.18. The lowest BCUT2D eigenvalue weighted by atomic mass is 10.1. The van der Waals surface area contributed by atoms with Crippen LogP contribution in [0.15, 0.2) is 30.5 Å². The van der Waals surface area contributed by atoms with E-state index in [4.69, 9.17) is 9.47 Å². The zero-order valence-corrected chi connectivity index (χ0v) is 15.0. The second-order valence-corrected chi connectivity index (χ2v) is 6.07. The summed E-state index contributed by atoms with van der Waals surface area (Å²) in [4.78, 5) is 16.0. The maximum Gasteiger partial charge on any atom is 0.344 e. The van der Waals surface area contributed by atoms with Gasteiger partial charge in [0.25, 0.3) is 0 Å². The maximum absolute atomic E-state index is 11.5. The number of carbonyl (C=O) groups excluding carboxylic acids is 1. The van der Waals surface area contributed by atoms with Gasteiger partial charge in [0, 0.05) is 29.6 Å². The van der Waals surface area contributed by atoms with Crippen molar-refractivity contribution in [2.45, 2.75) is 40.2 Å². The Balaban J connectivity index is 2.03. The number of aryl methyl sites for hydroxylation is 2. The molecular weight excluding hydrogens is 316 g/mol. The minimum absolute atomic E-state index is 0.0743. The first kappa shape index (κ1) is 17.3. The minimum atomic E-state index is -0.353. The molecular formula is C20H24N2O3. The third-order valence-electron chi connectivity index (χ3n) is 4.32. The van der Waals surface area contributed by atoms with Crippen molar-refractivity contribution in [2.24, 2.45) is 0 Å². The molecule has 0 radical (unpaired) electrons. The summed E-state index contributed by atoms with van der Waals surface area (Å²) in [5, 5.41) is 2.38. The van der Waals surface area contributed by atoms with Crippen LogP contribution in [0.1, 0.15) is 32.4 Å². The number of ether oxygens (including phenoxy) is 2. The fraction of sp³-hybridized carbons (Fsp3) is 0.400. The molecule has 0 aliphatic heterocycles. The van der Waals surface area contributed by atoms with Crippen molar-refractivity contribution in [1.29, 1.82) is 0 Å². The average Bonchev–Trinajstić information content (AvgIpc) is 2.93. The molecule has 0 bridgehead atoms. The molecule has 2 heterocycles. The van der Waals surface area contributed by atoms with Crippen molar-refractivity contribution in [2.75, 3.05) is 13.2 Å².